The van der Waals surface area contributed by atoms with Crippen LogP contribution in [-0.4, -0.2) is 24.3 Å². The minimum absolute atomic E-state index is 0.0481. The molecule has 4 nitrogen and oxygen atoms in total. The maximum absolute atomic E-state index is 11.5. The van der Waals surface area contributed by atoms with E-state index in [4.69, 9.17) is 4.74 Å². The molecule has 0 rings (SSSR count). The Morgan fingerprint density at radius 2 is 2.00 bits per heavy atom. The number of alkyl carbamates (subject to hydrolysis) is 1. The fourth-order valence-corrected chi connectivity index (χ4v) is 1.16. The Balaban J connectivity index is 4.08. The summed E-state index contributed by atoms with van der Waals surface area (Å²) in [5, 5.41) is 5.89. The number of carbonyl (C=O) groups excluding carboxylic acids is 1. The molecule has 0 saturated heterocycles. The van der Waals surface area contributed by atoms with Crippen LogP contribution < -0.4 is 10.6 Å². The molecule has 0 aliphatic heterocycles. The van der Waals surface area contributed by atoms with Gasteiger partial charge < -0.3 is 15.4 Å². The molecule has 1 atom stereocenters. The highest BCUT2D eigenvalue weighted by atomic mass is 16.6. The van der Waals surface area contributed by atoms with Crippen molar-refractivity contribution in [3.05, 3.63) is 37.1 Å². The molecule has 0 fully saturated rings. The van der Waals surface area contributed by atoms with Crippen LogP contribution in [0.5, 0.6) is 0 Å². The molecule has 0 heterocycles. The van der Waals surface area contributed by atoms with Gasteiger partial charge in [-0.1, -0.05) is 19.2 Å². The van der Waals surface area contributed by atoms with Crippen molar-refractivity contribution in [2.45, 2.75) is 39.3 Å². The number of ether oxygens (including phenoxy) is 1. The highest BCUT2D eigenvalue weighted by Crippen LogP contribution is 2.06. The molecule has 0 aliphatic rings. The molecule has 2 N–H and O–H groups in total. The molecule has 102 valence electrons. The molecular weight excluding hydrogens is 228 g/mol. The SMILES string of the molecule is C=C/C=C(\C=C)NCC(C)NC(=O)OC(C)(C)C. The molecule has 1 amide bonds. The minimum Gasteiger partial charge on any atom is -0.444 e. The first-order valence-electron chi connectivity index (χ1n) is 5.97. The molecule has 0 saturated carbocycles. The smallest absolute Gasteiger partial charge is 0.407 e. The third kappa shape index (κ3) is 8.44. The average Bonchev–Trinajstić information content (AvgIpc) is 2.21. The lowest BCUT2D eigenvalue weighted by molar-refractivity contribution is 0.0509. The van der Waals surface area contributed by atoms with Crippen LogP contribution in [-0.2, 0) is 4.74 Å². The van der Waals surface area contributed by atoms with Crippen molar-refractivity contribution >= 4 is 6.09 Å². The second-order valence-electron chi connectivity index (χ2n) is 4.99. The van der Waals surface area contributed by atoms with E-state index < -0.39 is 11.7 Å². The van der Waals surface area contributed by atoms with Gasteiger partial charge in [0.15, 0.2) is 0 Å². The fraction of sp³-hybridized carbons (Fsp3) is 0.500. The molecule has 4 heteroatoms. The third-order valence-corrected chi connectivity index (χ3v) is 1.89. The van der Waals surface area contributed by atoms with Crippen LogP contribution in [0.1, 0.15) is 27.7 Å². The average molecular weight is 252 g/mol. The number of allylic oxidation sites excluding steroid dienone is 3. The van der Waals surface area contributed by atoms with E-state index in [1.807, 2.05) is 33.8 Å². The summed E-state index contributed by atoms with van der Waals surface area (Å²) in [6, 6.07) is -0.0481. The first-order chi connectivity index (χ1) is 8.28. The van der Waals surface area contributed by atoms with Crippen molar-refractivity contribution in [2.75, 3.05) is 6.54 Å². The number of hydrogen-bond donors (Lipinski definition) is 2. The van der Waals surface area contributed by atoms with Gasteiger partial charge in [-0.3, -0.25) is 0 Å². The van der Waals surface area contributed by atoms with Crippen molar-refractivity contribution in [1.82, 2.24) is 10.6 Å². The molecule has 18 heavy (non-hydrogen) atoms. The largest absolute Gasteiger partial charge is 0.444 e. The Bertz CT molecular complexity index is 327. The molecule has 0 aliphatic carbocycles. The maximum atomic E-state index is 11.5. The van der Waals surface area contributed by atoms with Crippen molar-refractivity contribution in [2.24, 2.45) is 0 Å². The van der Waals surface area contributed by atoms with E-state index in [2.05, 4.69) is 23.8 Å². The summed E-state index contributed by atoms with van der Waals surface area (Å²) in [6.07, 6.45) is 4.77. The summed E-state index contributed by atoms with van der Waals surface area (Å²) >= 11 is 0. The Morgan fingerprint density at radius 1 is 1.39 bits per heavy atom. The maximum Gasteiger partial charge on any atom is 0.407 e. The van der Waals surface area contributed by atoms with Crippen LogP contribution in [0, 0.1) is 0 Å². The molecule has 0 aromatic rings. The highest BCUT2D eigenvalue weighted by molar-refractivity contribution is 5.68. The fourth-order valence-electron chi connectivity index (χ4n) is 1.16. The molecule has 0 spiro atoms. The van der Waals surface area contributed by atoms with E-state index in [1.165, 1.54) is 0 Å². The second kappa shape index (κ2) is 7.58. The Hall–Kier alpha value is -1.71. The standard InChI is InChI=1S/C14H24N2O2/c1-7-9-12(8-2)15-10-11(3)16-13(17)18-14(4,5)6/h7-9,11,15H,1-2,10H2,3-6H3,(H,16,17)/b12-9+. The van der Waals surface area contributed by atoms with Gasteiger partial charge in [-0.05, 0) is 39.8 Å². The zero-order chi connectivity index (χ0) is 14.2. The summed E-state index contributed by atoms with van der Waals surface area (Å²) in [5.74, 6) is 0. The van der Waals surface area contributed by atoms with E-state index in [0.717, 1.165) is 5.70 Å². The van der Waals surface area contributed by atoms with E-state index in [0.29, 0.717) is 6.54 Å². The lowest BCUT2D eigenvalue weighted by atomic mass is 10.2. The quantitative estimate of drug-likeness (QED) is 0.715. The Kier molecular flexibility index (Phi) is 6.86. The van der Waals surface area contributed by atoms with Crippen molar-refractivity contribution in [3.8, 4) is 0 Å². The van der Waals surface area contributed by atoms with E-state index in [9.17, 15) is 4.79 Å². The predicted molar refractivity (Wildman–Crippen MR) is 75.3 cm³/mol. The number of nitrogens with one attached hydrogen (secondary N) is 2. The molecule has 0 radical (unpaired) electrons. The van der Waals surface area contributed by atoms with Crippen LogP contribution >= 0.6 is 0 Å². The normalized spacial score (nSPS) is 13.4. The summed E-state index contributed by atoms with van der Waals surface area (Å²) in [7, 11) is 0. The van der Waals surface area contributed by atoms with Crippen LogP contribution in [0.25, 0.3) is 0 Å². The van der Waals surface area contributed by atoms with Crippen molar-refractivity contribution in [3.63, 3.8) is 0 Å². The van der Waals surface area contributed by atoms with Gasteiger partial charge in [0.25, 0.3) is 0 Å². The molecule has 0 bridgehead atoms. The number of carbonyl (C=O) groups is 1. The van der Waals surface area contributed by atoms with E-state index in [1.54, 1.807) is 12.2 Å². The van der Waals surface area contributed by atoms with Crippen molar-refractivity contribution < 1.29 is 9.53 Å². The van der Waals surface area contributed by atoms with Gasteiger partial charge in [0, 0.05) is 18.3 Å². The number of hydrogen-bond acceptors (Lipinski definition) is 3. The van der Waals surface area contributed by atoms with E-state index in [-0.39, 0.29) is 6.04 Å². The van der Waals surface area contributed by atoms with Gasteiger partial charge in [0.1, 0.15) is 5.60 Å². The first kappa shape index (κ1) is 16.3. The van der Waals surface area contributed by atoms with Gasteiger partial charge >= 0.3 is 6.09 Å². The zero-order valence-electron chi connectivity index (χ0n) is 11.7. The van der Waals surface area contributed by atoms with E-state index >= 15 is 0 Å². The third-order valence-electron chi connectivity index (χ3n) is 1.89. The highest BCUT2D eigenvalue weighted by Gasteiger charge is 2.17. The van der Waals surface area contributed by atoms with Crippen molar-refractivity contribution in [1.29, 1.82) is 0 Å². The van der Waals surface area contributed by atoms with Gasteiger partial charge in [-0.2, -0.15) is 0 Å². The van der Waals surface area contributed by atoms with Crippen LogP contribution in [0.15, 0.2) is 37.1 Å². The molecule has 1 unspecified atom stereocenters. The number of rotatable bonds is 6. The second-order valence-corrected chi connectivity index (χ2v) is 4.99. The summed E-state index contributed by atoms with van der Waals surface area (Å²) in [5.41, 5.74) is 0.384. The Morgan fingerprint density at radius 3 is 2.44 bits per heavy atom. The van der Waals surface area contributed by atoms with Crippen LogP contribution in [0.3, 0.4) is 0 Å². The van der Waals surface area contributed by atoms with Gasteiger partial charge in [0.2, 0.25) is 0 Å². The summed E-state index contributed by atoms with van der Waals surface area (Å²) in [6.45, 7) is 15.3. The summed E-state index contributed by atoms with van der Waals surface area (Å²) < 4.78 is 5.16. The summed E-state index contributed by atoms with van der Waals surface area (Å²) in [4.78, 5) is 11.5. The molecule has 0 aromatic heterocycles. The first-order valence-corrected chi connectivity index (χ1v) is 5.97. The molecule has 0 aromatic carbocycles. The zero-order valence-corrected chi connectivity index (χ0v) is 11.7. The topological polar surface area (TPSA) is 50.4 Å². The molecular formula is C14H24N2O2. The predicted octanol–water partition coefficient (Wildman–Crippen LogP) is 2.75. The monoisotopic (exact) mass is 252 g/mol. The van der Waals surface area contributed by atoms with Gasteiger partial charge in [-0.25, -0.2) is 4.79 Å². The minimum atomic E-state index is -0.480. The lowest BCUT2D eigenvalue weighted by Gasteiger charge is -2.22. The van der Waals surface area contributed by atoms with Gasteiger partial charge in [0.05, 0.1) is 0 Å². The van der Waals surface area contributed by atoms with Crippen LogP contribution in [0.4, 0.5) is 4.79 Å². The lowest BCUT2D eigenvalue weighted by Crippen LogP contribution is -2.42. The van der Waals surface area contributed by atoms with Gasteiger partial charge in [-0.15, -0.1) is 0 Å². The van der Waals surface area contributed by atoms with Crippen LogP contribution in [0.2, 0.25) is 0 Å². The number of amides is 1. The Labute approximate surface area is 110 Å².